The normalized spacial score (nSPS) is 20.9. The zero-order chi connectivity index (χ0) is 8.39. The highest BCUT2D eigenvalue weighted by Gasteiger charge is 2.18. The van der Waals surface area contributed by atoms with Crippen LogP contribution in [0.25, 0.3) is 0 Å². The molecule has 0 aromatic heterocycles. The Morgan fingerprint density at radius 1 is 1.42 bits per heavy atom. The van der Waals surface area contributed by atoms with Gasteiger partial charge in [-0.3, -0.25) is 0 Å². The number of benzene rings is 1. The van der Waals surface area contributed by atoms with Crippen LogP contribution >= 0.6 is 0 Å². The highest BCUT2D eigenvalue weighted by atomic mass is 16.5. The van der Waals surface area contributed by atoms with Crippen LogP contribution in [0.15, 0.2) is 36.4 Å². The summed E-state index contributed by atoms with van der Waals surface area (Å²) in [4.78, 5) is 0. The molecule has 1 aromatic rings. The van der Waals surface area contributed by atoms with Crippen LogP contribution in [0.5, 0.6) is 5.75 Å². The van der Waals surface area contributed by atoms with Crippen molar-refractivity contribution in [2.45, 2.75) is 19.4 Å². The fraction of sp³-hybridized carbons (Fsp3) is 0.273. The van der Waals surface area contributed by atoms with E-state index in [-0.39, 0.29) is 6.10 Å². The van der Waals surface area contributed by atoms with E-state index in [1.807, 2.05) is 25.1 Å². The van der Waals surface area contributed by atoms with Crippen molar-refractivity contribution < 1.29 is 4.74 Å². The second kappa shape index (κ2) is 3.02. The molecule has 0 saturated heterocycles. The van der Waals surface area contributed by atoms with E-state index in [2.05, 4.69) is 18.2 Å². The third-order valence-corrected chi connectivity index (χ3v) is 2.08. The first kappa shape index (κ1) is 7.41. The molecule has 0 N–H and O–H groups in total. The van der Waals surface area contributed by atoms with E-state index in [0.717, 1.165) is 12.2 Å². The van der Waals surface area contributed by atoms with Gasteiger partial charge in [0.25, 0.3) is 0 Å². The molecule has 1 heteroatoms. The van der Waals surface area contributed by atoms with Gasteiger partial charge in [0.2, 0.25) is 0 Å². The van der Waals surface area contributed by atoms with Gasteiger partial charge in [-0.2, -0.15) is 0 Å². The first-order chi connectivity index (χ1) is 5.90. The highest BCUT2D eigenvalue weighted by Crippen LogP contribution is 2.28. The second-order valence-corrected chi connectivity index (χ2v) is 2.99. The molecule has 12 heavy (non-hydrogen) atoms. The minimum atomic E-state index is 0.257. The molecule has 62 valence electrons. The van der Waals surface area contributed by atoms with E-state index >= 15 is 0 Å². The zero-order valence-electron chi connectivity index (χ0n) is 7.16. The van der Waals surface area contributed by atoms with Gasteiger partial charge in [-0.05, 0) is 24.6 Å². The molecule has 1 nitrogen and oxygen atoms in total. The fourth-order valence-corrected chi connectivity index (χ4v) is 1.53. The maximum Gasteiger partial charge on any atom is 0.123 e. The minimum Gasteiger partial charge on any atom is -0.486 e. The van der Waals surface area contributed by atoms with Crippen LogP contribution in [0.2, 0.25) is 0 Å². The summed E-state index contributed by atoms with van der Waals surface area (Å²) < 4.78 is 5.66. The van der Waals surface area contributed by atoms with Crippen molar-refractivity contribution in [3.8, 4) is 5.75 Å². The first-order valence-electron chi connectivity index (χ1n) is 4.27. The van der Waals surface area contributed by atoms with Gasteiger partial charge in [0.15, 0.2) is 0 Å². The molecule has 1 atom stereocenters. The number of fused-ring (bicyclic) bond motifs is 1. The van der Waals surface area contributed by atoms with Gasteiger partial charge in [0, 0.05) is 6.42 Å². The van der Waals surface area contributed by atoms with Gasteiger partial charge in [-0.25, -0.2) is 0 Å². The summed E-state index contributed by atoms with van der Waals surface area (Å²) in [6, 6.07) is 8.22. The molecular weight excluding hydrogens is 148 g/mol. The number of allylic oxidation sites excluding steroid dienone is 1. The van der Waals surface area contributed by atoms with Crippen LogP contribution in [0.4, 0.5) is 0 Å². The topological polar surface area (TPSA) is 9.23 Å². The predicted molar refractivity (Wildman–Crippen MR) is 49.4 cm³/mol. The van der Waals surface area contributed by atoms with E-state index < -0.39 is 0 Å². The van der Waals surface area contributed by atoms with Crippen LogP contribution < -0.4 is 4.74 Å². The van der Waals surface area contributed by atoms with Crippen LogP contribution in [0, 0.1) is 0 Å². The summed E-state index contributed by atoms with van der Waals surface area (Å²) in [5, 5.41) is 0. The van der Waals surface area contributed by atoms with E-state index in [1.54, 1.807) is 0 Å². The Bertz CT molecular complexity index is 277. The average molecular weight is 160 g/mol. The Hall–Kier alpha value is -1.24. The first-order valence-corrected chi connectivity index (χ1v) is 4.27. The lowest BCUT2D eigenvalue weighted by atomic mass is 10.1. The van der Waals surface area contributed by atoms with E-state index in [9.17, 15) is 0 Å². The van der Waals surface area contributed by atoms with Crippen molar-refractivity contribution in [2.24, 2.45) is 0 Å². The summed E-state index contributed by atoms with van der Waals surface area (Å²) in [7, 11) is 0. The number of hydrogen-bond acceptors (Lipinski definition) is 1. The minimum absolute atomic E-state index is 0.257. The number of para-hydroxylation sites is 1. The molecule has 0 saturated carbocycles. The summed E-state index contributed by atoms with van der Waals surface area (Å²) >= 11 is 0. The number of rotatable bonds is 1. The second-order valence-electron chi connectivity index (χ2n) is 2.99. The molecule has 0 fully saturated rings. The van der Waals surface area contributed by atoms with Gasteiger partial charge in [-0.15, -0.1) is 0 Å². The summed E-state index contributed by atoms with van der Waals surface area (Å²) in [6.07, 6.45) is 5.41. The Labute approximate surface area is 72.7 Å². The Kier molecular flexibility index (Phi) is 1.86. The molecule has 0 bridgehead atoms. The van der Waals surface area contributed by atoms with Crippen molar-refractivity contribution in [1.29, 1.82) is 0 Å². The number of hydrogen-bond donors (Lipinski definition) is 0. The molecule has 0 amide bonds. The lowest BCUT2D eigenvalue weighted by Crippen LogP contribution is -2.07. The molecule has 1 heterocycles. The summed E-state index contributed by atoms with van der Waals surface area (Å²) in [6.45, 7) is 2.02. The van der Waals surface area contributed by atoms with Crippen molar-refractivity contribution in [3.05, 3.63) is 42.0 Å². The molecule has 2 rings (SSSR count). The third kappa shape index (κ3) is 1.22. The molecule has 0 radical (unpaired) electrons. The lowest BCUT2D eigenvalue weighted by molar-refractivity contribution is 0.283. The molecule has 1 aromatic carbocycles. The average Bonchev–Trinajstić information content (AvgIpc) is 2.47. The Balaban J connectivity index is 2.22. The smallest absolute Gasteiger partial charge is 0.123 e. The van der Waals surface area contributed by atoms with Crippen LogP contribution in [0.1, 0.15) is 12.5 Å². The molecule has 1 aliphatic heterocycles. The highest BCUT2D eigenvalue weighted by molar-refractivity contribution is 5.38. The molecule has 1 aliphatic rings. The number of ether oxygens (including phenoxy) is 1. The maximum absolute atomic E-state index is 5.66. The molecular formula is C11H12O. The Morgan fingerprint density at radius 2 is 2.25 bits per heavy atom. The lowest BCUT2D eigenvalue weighted by Gasteiger charge is -2.02. The zero-order valence-corrected chi connectivity index (χ0v) is 7.16. The van der Waals surface area contributed by atoms with Crippen molar-refractivity contribution >= 4 is 0 Å². The SMILES string of the molecule is CC=CC1Cc2ccccc2O1. The van der Waals surface area contributed by atoms with Crippen molar-refractivity contribution in [3.63, 3.8) is 0 Å². The van der Waals surface area contributed by atoms with Crippen molar-refractivity contribution in [2.75, 3.05) is 0 Å². The van der Waals surface area contributed by atoms with Crippen LogP contribution in [-0.4, -0.2) is 6.10 Å². The van der Waals surface area contributed by atoms with Gasteiger partial charge in [0.1, 0.15) is 11.9 Å². The van der Waals surface area contributed by atoms with Gasteiger partial charge < -0.3 is 4.74 Å². The maximum atomic E-state index is 5.66. The van der Waals surface area contributed by atoms with Crippen LogP contribution in [0.3, 0.4) is 0 Å². The molecule has 1 unspecified atom stereocenters. The van der Waals surface area contributed by atoms with Gasteiger partial charge in [0.05, 0.1) is 0 Å². The van der Waals surface area contributed by atoms with Gasteiger partial charge >= 0.3 is 0 Å². The van der Waals surface area contributed by atoms with E-state index in [1.165, 1.54) is 5.56 Å². The third-order valence-electron chi connectivity index (χ3n) is 2.08. The quantitative estimate of drug-likeness (QED) is 0.574. The predicted octanol–water partition coefficient (Wildman–Crippen LogP) is 2.57. The molecule has 0 aliphatic carbocycles. The molecule has 0 spiro atoms. The Morgan fingerprint density at radius 3 is 3.00 bits per heavy atom. The van der Waals surface area contributed by atoms with Crippen LogP contribution in [-0.2, 0) is 6.42 Å². The monoisotopic (exact) mass is 160 g/mol. The summed E-state index contributed by atoms with van der Waals surface area (Å²) in [5.74, 6) is 1.04. The largest absolute Gasteiger partial charge is 0.486 e. The van der Waals surface area contributed by atoms with E-state index in [4.69, 9.17) is 4.74 Å². The summed E-state index contributed by atoms with van der Waals surface area (Å²) in [5.41, 5.74) is 1.32. The standard InChI is InChI=1S/C11H12O/c1-2-5-10-8-9-6-3-4-7-11(9)12-10/h2-7,10H,8H2,1H3. The van der Waals surface area contributed by atoms with E-state index in [0.29, 0.717) is 0 Å². The van der Waals surface area contributed by atoms with Crippen molar-refractivity contribution in [1.82, 2.24) is 0 Å². The van der Waals surface area contributed by atoms with Gasteiger partial charge in [-0.1, -0.05) is 24.3 Å². The fourth-order valence-electron chi connectivity index (χ4n) is 1.53.